The number of hydrogen-bond acceptors (Lipinski definition) is 3. The zero-order chi connectivity index (χ0) is 16.9. The van der Waals surface area contributed by atoms with Crippen molar-refractivity contribution < 1.29 is 0 Å². The normalized spacial score (nSPS) is 25.3. The number of anilines is 2. The summed E-state index contributed by atoms with van der Waals surface area (Å²) in [5.41, 5.74) is 0.963. The van der Waals surface area contributed by atoms with Crippen LogP contribution < -0.4 is 15.5 Å². The van der Waals surface area contributed by atoms with E-state index in [4.69, 9.17) is 12.2 Å². The lowest BCUT2D eigenvalue weighted by molar-refractivity contribution is 0.355. The highest BCUT2D eigenvalue weighted by atomic mass is 32.1. The SMILES string of the molecule is C[C@H]1C[C@H](C)CN(c2ccc(NC(=S)NC3CCCCC3)cn2)C1. The van der Waals surface area contributed by atoms with Gasteiger partial charge in [0.15, 0.2) is 5.11 Å². The van der Waals surface area contributed by atoms with Crippen LogP contribution in [0.3, 0.4) is 0 Å². The molecule has 2 fully saturated rings. The van der Waals surface area contributed by atoms with Crippen LogP contribution in [0.15, 0.2) is 18.3 Å². The van der Waals surface area contributed by atoms with Gasteiger partial charge in [-0.25, -0.2) is 4.98 Å². The Labute approximate surface area is 151 Å². The molecule has 24 heavy (non-hydrogen) atoms. The minimum absolute atomic E-state index is 0.530. The molecule has 2 heterocycles. The van der Waals surface area contributed by atoms with E-state index in [1.807, 2.05) is 6.20 Å². The van der Waals surface area contributed by atoms with Crippen molar-refractivity contribution >= 4 is 28.8 Å². The third-order valence-electron chi connectivity index (χ3n) is 5.14. The zero-order valence-corrected chi connectivity index (χ0v) is 15.7. The lowest BCUT2D eigenvalue weighted by atomic mass is 9.92. The molecule has 1 saturated heterocycles. The smallest absolute Gasteiger partial charge is 0.171 e. The van der Waals surface area contributed by atoms with Crippen LogP contribution in [0.25, 0.3) is 0 Å². The molecule has 5 heteroatoms. The first kappa shape index (κ1) is 17.5. The standard InChI is InChI=1S/C19H30N4S/c1-14-10-15(2)13-23(12-14)18-9-8-17(11-20-18)22-19(24)21-16-6-4-3-5-7-16/h8-9,11,14-16H,3-7,10,12-13H2,1-2H3,(H2,21,22,24)/t14-,15-/m0/s1. The van der Waals surface area contributed by atoms with E-state index in [0.29, 0.717) is 6.04 Å². The van der Waals surface area contributed by atoms with E-state index in [1.54, 1.807) is 0 Å². The molecule has 0 bridgehead atoms. The lowest BCUT2D eigenvalue weighted by Crippen LogP contribution is -2.39. The first-order valence-corrected chi connectivity index (χ1v) is 9.79. The van der Waals surface area contributed by atoms with E-state index < -0.39 is 0 Å². The molecule has 0 amide bonds. The summed E-state index contributed by atoms with van der Waals surface area (Å²) < 4.78 is 0. The van der Waals surface area contributed by atoms with E-state index in [0.717, 1.165) is 41.5 Å². The van der Waals surface area contributed by atoms with Gasteiger partial charge in [-0.2, -0.15) is 0 Å². The number of thiocarbonyl (C=S) groups is 1. The summed E-state index contributed by atoms with van der Waals surface area (Å²) in [6, 6.07) is 4.72. The maximum atomic E-state index is 5.45. The van der Waals surface area contributed by atoms with E-state index in [9.17, 15) is 0 Å². The molecular weight excluding hydrogens is 316 g/mol. The summed E-state index contributed by atoms with van der Waals surface area (Å²) in [5, 5.41) is 7.43. The maximum Gasteiger partial charge on any atom is 0.171 e. The van der Waals surface area contributed by atoms with Crippen LogP contribution in [0.5, 0.6) is 0 Å². The summed E-state index contributed by atoms with van der Waals surface area (Å²) in [5.74, 6) is 2.55. The highest BCUT2D eigenvalue weighted by Crippen LogP contribution is 2.25. The van der Waals surface area contributed by atoms with Gasteiger partial charge in [-0.05, 0) is 55.4 Å². The highest BCUT2D eigenvalue weighted by Gasteiger charge is 2.22. The van der Waals surface area contributed by atoms with Crippen LogP contribution in [0.2, 0.25) is 0 Å². The van der Waals surface area contributed by atoms with Crippen molar-refractivity contribution in [2.75, 3.05) is 23.3 Å². The van der Waals surface area contributed by atoms with Crippen molar-refractivity contribution in [3.8, 4) is 0 Å². The fourth-order valence-corrected chi connectivity index (χ4v) is 4.38. The predicted octanol–water partition coefficient (Wildman–Crippen LogP) is 4.18. The molecule has 3 rings (SSSR count). The molecule has 1 aromatic heterocycles. The highest BCUT2D eigenvalue weighted by molar-refractivity contribution is 7.80. The second kappa shape index (κ2) is 8.15. The Bertz CT molecular complexity index is 529. The van der Waals surface area contributed by atoms with E-state index in [-0.39, 0.29) is 0 Å². The number of pyridine rings is 1. The van der Waals surface area contributed by atoms with Gasteiger partial charge in [0.2, 0.25) is 0 Å². The maximum absolute atomic E-state index is 5.45. The second-order valence-corrected chi connectivity index (χ2v) is 8.10. The molecule has 1 aliphatic carbocycles. The van der Waals surface area contributed by atoms with Crippen LogP contribution >= 0.6 is 12.2 Å². The van der Waals surface area contributed by atoms with Crippen molar-refractivity contribution in [2.45, 2.75) is 58.4 Å². The van der Waals surface area contributed by atoms with Gasteiger partial charge in [0.1, 0.15) is 5.82 Å². The number of piperidine rings is 1. The van der Waals surface area contributed by atoms with Crippen LogP contribution in [-0.4, -0.2) is 29.2 Å². The van der Waals surface area contributed by atoms with Crippen molar-refractivity contribution in [2.24, 2.45) is 11.8 Å². The molecule has 0 spiro atoms. The average Bonchev–Trinajstić information content (AvgIpc) is 2.55. The molecular formula is C19H30N4S. The quantitative estimate of drug-likeness (QED) is 0.803. The number of hydrogen-bond donors (Lipinski definition) is 2. The molecule has 1 aromatic rings. The Morgan fingerprint density at radius 1 is 1.12 bits per heavy atom. The summed E-state index contributed by atoms with van der Waals surface area (Å²) in [4.78, 5) is 7.05. The van der Waals surface area contributed by atoms with Gasteiger partial charge < -0.3 is 15.5 Å². The van der Waals surface area contributed by atoms with Crippen LogP contribution in [-0.2, 0) is 0 Å². The van der Waals surface area contributed by atoms with Crippen molar-refractivity contribution in [3.63, 3.8) is 0 Å². The Morgan fingerprint density at radius 2 is 1.83 bits per heavy atom. The van der Waals surface area contributed by atoms with Gasteiger partial charge in [-0.15, -0.1) is 0 Å². The molecule has 2 atom stereocenters. The van der Waals surface area contributed by atoms with Gasteiger partial charge in [-0.3, -0.25) is 0 Å². The Hall–Kier alpha value is -1.36. The first-order valence-electron chi connectivity index (χ1n) is 9.38. The number of nitrogens with one attached hydrogen (secondary N) is 2. The number of nitrogens with zero attached hydrogens (tertiary/aromatic N) is 2. The van der Waals surface area contributed by atoms with Crippen molar-refractivity contribution in [1.82, 2.24) is 10.3 Å². The van der Waals surface area contributed by atoms with E-state index in [2.05, 4.69) is 46.5 Å². The fourth-order valence-electron chi connectivity index (χ4n) is 4.10. The third kappa shape index (κ3) is 4.82. The zero-order valence-electron chi connectivity index (χ0n) is 14.9. The molecule has 0 aromatic carbocycles. The number of rotatable bonds is 3. The molecule has 2 N–H and O–H groups in total. The van der Waals surface area contributed by atoms with E-state index in [1.165, 1.54) is 38.5 Å². The average molecular weight is 347 g/mol. The van der Waals surface area contributed by atoms with Gasteiger partial charge >= 0.3 is 0 Å². The summed E-state index contributed by atoms with van der Waals surface area (Å²) >= 11 is 5.45. The summed E-state index contributed by atoms with van der Waals surface area (Å²) in [6.07, 6.45) is 9.64. The lowest BCUT2D eigenvalue weighted by Gasteiger charge is -2.35. The molecule has 1 saturated carbocycles. The Morgan fingerprint density at radius 3 is 2.46 bits per heavy atom. The topological polar surface area (TPSA) is 40.2 Å². The molecule has 4 nitrogen and oxygen atoms in total. The molecule has 132 valence electrons. The second-order valence-electron chi connectivity index (χ2n) is 7.69. The van der Waals surface area contributed by atoms with Crippen molar-refractivity contribution in [1.29, 1.82) is 0 Å². The van der Waals surface area contributed by atoms with Crippen molar-refractivity contribution in [3.05, 3.63) is 18.3 Å². The van der Waals surface area contributed by atoms with Gasteiger partial charge in [0.25, 0.3) is 0 Å². The van der Waals surface area contributed by atoms with Crippen LogP contribution in [0.1, 0.15) is 52.4 Å². The van der Waals surface area contributed by atoms with Gasteiger partial charge in [-0.1, -0.05) is 33.1 Å². The number of aromatic nitrogens is 1. The van der Waals surface area contributed by atoms with Gasteiger partial charge in [0, 0.05) is 19.1 Å². The molecule has 0 radical (unpaired) electrons. The van der Waals surface area contributed by atoms with Crippen LogP contribution in [0.4, 0.5) is 11.5 Å². The monoisotopic (exact) mass is 346 g/mol. The molecule has 0 unspecified atom stereocenters. The van der Waals surface area contributed by atoms with E-state index >= 15 is 0 Å². The fraction of sp³-hybridized carbons (Fsp3) is 0.684. The Kier molecular flexibility index (Phi) is 5.93. The summed E-state index contributed by atoms with van der Waals surface area (Å²) in [7, 11) is 0. The van der Waals surface area contributed by atoms with Gasteiger partial charge in [0.05, 0.1) is 11.9 Å². The molecule has 2 aliphatic rings. The minimum Gasteiger partial charge on any atom is -0.360 e. The van der Waals surface area contributed by atoms with Crippen LogP contribution in [0, 0.1) is 11.8 Å². The first-order chi connectivity index (χ1) is 11.6. The minimum atomic E-state index is 0.530. The molecule has 1 aliphatic heterocycles. The predicted molar refractivity (Wildman–Crippen MR) is 106 cm³/mol. The largest absolute Gasteiger partial charge is 0.360 e. The summed E-state index contributed by atoms with van der Waals surface area (Å²) in [6.45, 7) is 6.86. The third-order valence-corrected chi connectivity index (χ3v) is 5.36. The Balaban J connectivity index is 1.53.